The number of benzene rings is 2. The standard InChI is InChI=1S/C16H22N2/c1-7-9(3)15(17)12(6)14-8(2)10(4)16(18)11(5)13(7)14/h17-18H2,1-6H3. The fourth-order valence-corrected chi connectivity index (χ4v) is 2.92. The van der Waals surface area contributed by atoms with Gasteiger partial charge in [-0.15, -0.1) is 0 Å². The number of aryl methyl sites for hydroxylation is 4. The first-order valence-corrected chi connectivity index (χ1v) is 6.33. The van der Waals surface area contributed by atoms with Crippen molar-refractivity contribution in [1.82, 2.24) is 0 Å². The molecule has 96 valence electrons. The van der Waals surface area contributed by atoms with E-state index in [2.05, 4.69) is 41.5 Å². The molecule has 0 amide bonds. The Bertz CT molecular complexity index is 554. The van der Waals surface area contributed by atoms with Crippen LogP contribution < -0.4 is 11.5 Å². The maximum atomic E-state index is 6.22. The zero-order valence-corrected chi connectivity index (χ0v) is 12.2. The van der Waals surface area contributed by atoms with Gasteiger partial charge in [-0.1, -0.05) is 0 Å². The van der Waals surface area contributed by atoms with E-state index >= 15 is 0 Å². The zero-order valence-electron chi connectivity index (χ0n) is 12.2. The van der Waals surface area contributed by atoms with Crippen LogP contribution in [0.1, 0.15) is 33.4 Å². The number of hydrogen-bond donors (Lipinski definition) is 2. The Hall–Kier alpha value is -1.70. The quantitative estimate of drug-likeness (QED) is 0.689. The van der Waals surface area contributed by atoms with Gasteiger partial charge in [0.1, 0.15) is 0 Å². The van der Waals surface area contributed by atoms with Crippen LogP contribution in [0.2, 0.25) is 0 Å². The highest BCUT2D eigenvalue weighted by atomic mass is 14.6. The first-order chi connectivity index (χ1) is 8.29. The van der Waals surface area contributed by atoms with Crippen LogP contribution in [-0.4, -0.2) is 0 Å². The van der Waals surface area contributed by atoms with E-state index < -0.39 is 0 Å². The van der Waals surface area contributed by atoms with Gasteiger partial charge in [-0.05, 0) is 85.7 Å². The molecule has 0 saturated carbocycles. The van der Waals surface area contributed by atoms with Crippen LogP contribution in [0.3, 0.4) is 0 Å². The molecule has 0 atom stereocenters. The Labute approximate surface area is 109 Å². The highest BCUT2D eigenvalue weighted by Gasteiger charge is 2.17. The van der Waals surface area contributed by atoms with Crippen molar-refractivity contribution in [2.75, 3.05) is 11.5 Å². The molecule has 0 fully saturated rings. The molecule has 0 aliphatic heterocycles. The Balaban J connectivity index is 3.22. The largest absolute Gasteiger partial charge is 0.398 e. The topological polar surface area (TPSA) is 52.0 Å². The fraction of sp³-hybridized carbons (Fsp3) is 0.375. The third-order valence-electron chi connectivity index (χ3n) is 4.49. The number of anilines is 2. The number of hydrogen-bond acceptors (Lipinski definition) is 2. The second kappa shape index (κ2) is 3.91. The van der Waals surface area contributed by atoms with Crippen LogP contribution in [0.25, 0.3) is 10.8 Å². The van der Waals surface area contributed by atoms with E-state index in [0.29, 0.717) is 0 Å². The first-order valence-electron chi connectivity index (χ1n) is 6.33. The summed E-state index contributed by atoms with van der Waals surface area (Å²) in [4.78, 5) is 0. The Kier molecular flexibility index (Phi) is 2.77. The lowest BCUT2D eigenvalue weighted by Crippen LogP contribution is -2.04. The van der Waals surface area contributed by atoms with Gasteiger partial charge in [-0.25, -0.2) is 0 Å². The second-order valence-electron chi connectivity index (χ2n) is 5.33. The lowest BCUT2D eigenvalue weighted by Gasteiger charge is -2.20. The molecule has 0 aliphatic carbocycles. The molecule has 0 unspecified atom stereocenters. The summed E-state index contributed by atoms with van der Waals surface area (Å²) in [7, 11) is 0. The number of nitrogens with two attached hydrogens (primary N) is 2. The minimum absolute atomic E-state index is 0.909. The summed E-state index contributed by atoms with van der Waals surface area (Å²) in [6.07, 6.45) is 0. The molecule has 0 heterocycles. The Morgan fingerprint density at radius 3 is 1.00 bits per heavy atom. The van der Waals surface area contributed by atoms with Gasteiger partial charge in [0.2, 0.25) is 0 Å². The maximum Gasteiger partial charge on any atom is 0.0382 e. The molecule has 2 rings (SSSR count). The van der Waals surface area contributed by atoms with E-state index in [-0.39, 0.29) is 0 Å². The highest BCUT2D eigenvalue weighted by Crippen LogP contribution is 2.39. The molecule has 2 aromatic rings. The molecular formula is C16H22N2. The molecule has 2 aromatic carbocycles. The summed E-state index contributed by atoms with van der Waals surface area (Å²) in [5.41, 5.74) is 21.5. The van der Waals surface area contributed by atoms with Gasteiger partial charge in [0, 0.05) is 11.4 Å². The van der Waals surface area contributed by atoms with Gasteiger partial charge in [-0.3, -0.25) is 0 Å². The van der Waals surface area contributed by atoms with Crippen molar-refractivity contribution in [3.8, 4) is 0 Å². The Morgan fingerprint density at radius 2 is 0.722 bits per heavy atom. The van der Waals surface area contributed by atoms with Gasteiger partial charge in [0.05, 0.1) is 0 Å². The van der Waals surface area contributed by atoms with Crippen LogP contribution >= 0.6 is 0 Å². The minimum atomic E-state index is 0.909. The molecule has 2 heteroatoms. The average Bonchev–Trinajstić information content (AvgIpc) is 2.35. The molecule has 0 aliphatic rings. The summed E-state index contributed by atoms with van der Waals surface area (Å²) < 4.78 is 0. The molecule has 0 aromatic heterocycles. The van der Waals surface area contributed by atoms with Crippen molar-refractivity contribution in [3.05, 3.63) is 33.4 Å². The highest BCUT2D eigenvalue weighted by molar-refractivity contribution is 6.01. The van der Waals surface area contributed by atoms with E-state index in [9.17, 15) is 0 Å². The van der Waals surface area contributed by atoms with Crippen LogP contribution in [-0.2, 0) is 0 Å². The average molecular weight is 242 g/mol. The van der Waals surface area contributed by atoms with Crippen molar-refractivity contribution in [2.45, 2.75) is 41.5 Å². The zero-order chi connectivity index (χ0) is 13.8. The van der Waals surface area contributed by atoms with Crippen LogP contribution in [0.5, 0.6) is 0 Å². The van der Waals surface area contributed by atoms with E-state index in [1.165, 1.54) is 44.2 Å². The third kappa shape index (κ3) is 1.41. The van der Waals surface area contributed by atoms with E-state index in [0.717, 1.165) is 11.4 Å². The number of rotatable bonds is 0. The fourth-order valence-electron chi connectivity index (χ4n) is 2.92. The summed E-state index contributed by atoms with van der Waals surface area (Å²) in [6, 6.07) is 0. The predicted molar refractivity (Wildman–Crippen MR) is 81.2 cm³/mol. The lowest BCUT2D eigenvalue weighted by atomic mass is 9.86. The summed E-state index contributed by atoms with van der Waals surface area (Å²) in [6.45, 7) is 12.6. The van der Waals surface area contributed by atoms with Crippen LogP contribution in [0.15, 0.2) is 0 Å². The van der Waals surface area contributed by atoms with Crippen molar-refractivity contribution >= 4 is 22.1 Å². The molecule has 0 saturated heterocycles. The summed E-state index contributed by atoms with van der Waals surface area (Å²) in [5.74, 6) is 0. The molecule has 2 nitrogen and oxygen atoms in total. The molecule has 4 N–H and O–H groups in total. The third-order valence-corrected chi connectivity index (χ3v) is 4.49. The van der Waals surface area contributed by atoms with E-state index in [4.69, 9.17) is 11.5 Å². The van der Waals surface area contributed by atoms with E-state index in [1.807, 2.05) is 0 Å². The SMILES string of the molecule is Cc1c(N)c(C)c2c(C)c(C)c(N)c(C)c2c1C. The second-order valence-corrected chi connectivity index (χ2v) is 5.33. The van der Waals surface area contributed by atoms with Crippen molar-refractivity contribution in [2.24, 2.45) is 0 Å². The van der Waals surface area contributed by atoms with Gasteiger partial charge in [-0.2, -0.15) is 0 Å². The van der Waals surface area contributed by atoms with Crippen LogP contribution in [0, 0.1) is 41.5 Å². The predicted octanol–water partition coefficient (Wildman–Crippen LogP) is 3.85. The van der Waals surface area contributed by atoms with Crippen molar-refractivity contribution in [1.29, 1.82) is 0 Å². The van der Waals surface area contributed by atoms with Gasteiger partial charge in [0.15, 0.2) is 0 Å². The van der Waals surface area contributed by atoms with Crippen molar-refractivity contribution < 1.29 is 0 Å². The number of fused-ring (bicyclic) bond motifs is 1. The van der Waals surface area contributed by atoms with Gasteiger partial charge < -0.3 is 11.5 Å². The minimum Gasteiger partial charge on any atom is -0.398 e. The summed E-state index contributed by atoms with van der Waals surface area (Å²) >= 11 is 0. The summed E-state index contributed by atoms with van der Waals surface area (Å²) in [5, 5.41) is 2.56. The lowest BCUT2D eigenvalue weighted by molar-refractivity contribution is 1.29. The first kappa shape index (κ1) is 12.7. The molecular weight excluding hydrogens is 220 g/mol. The number of nitrogen functional groups attached to an aromatic ring is 2. The van der Waals surface area contributed by atoms with E-state index in [1.54, 1.807) is 0 Å². The Morgan fingerprint density at radius 1 is 0.444 bits per heavy atom. The maximum absolute atomic E-state index is 6.22. The normalized spacial score (nSPS) is 11.2. The monoisotopic (exact) mass is 242 g/mol. The molecule has 0 radical (unpaired) electrons. The van der Waals surface area contributed by atoms with Crippen LogP contribution in [0.4, 0.5) is 11.4 Å². The smallest absolute Gasteiger partial charge is 0.0382 e. The van der Waals surface area contributed by atoms with Gasteiger partial charge in [0.25, 0.3) is 0 Å². The van der Waals surface area contributed by atoms with Crippen molar-refractivity contribution in [3.63, 3.8) is 0 Å². The molecule has 0 bridgehead atoms. The molecule has 0 spiro atoms. The van der Waals surface area contributed by atoms with Gasteiger partial charge >= 0.3 is 0 Å². The molecule has 18 heavy (non-hydrogen) atoms.